The molecule has 0 amide bonds. The molecule has 0 saturated carbocycles. The van der Waals surface area contributed by atoms with Crippen molar-refractivity contribution in [2.45, 2.75) is 25.2 Å². The van der Waals surface area contributed by atoms with E-state index in [1.54, 1.807) is 0 Å². The Morgan fingerprint density at radius 3 is 2.17 bits per heavy atom. The first-order valence-electron chi connectivity index (χ1n) is 4.61. The largest absolute Gasteiger partial charge is 0.416 e. The van der Waals surface area contributed by atoms with Gasteiger partial charge in [-0.1, -0.05) is 6.07 Å². The van der Waals surface area contributed by atoms with Gasteiger partial charge in [-0.2, -0.15) is 13.2 Å². The molecule has 0 aliphatic heterocycles. The number of hydrogen-bond donors (Lipinski definition) is 2. The van der Waals surface area contributed by atoms with E-state index in [1.807, 2.05) is 0 Å². The number of halogens is 6. The highest BCUT2D eigenvalue weighted by Crippen LogP contribution is 2.31. The van der Waals surface area contributed by atoms with Gasteiger partial charge in [-0.15, -0.1) is 12.4 Å². The first-order valence-corrected chi connectivity index (χ1v) is 4.61. The standard InChI is InChI=1S/C10H10F5NO.ClH/c1-4-2-3-5(11)6(7(4)12)8(16)9(17)10(13,14)15;/h2-3,8-9,17H,16H2,1H3;1H/t8-,9-;/m0./s1. The van der Waals surface area contributed by atoms with Crippen molar-refractivity contribution < 1.29 is 27.1 Å². The van der Waals surface area contributed by atoms with Gasteiger partial charge in [-0.05, 0) is 18.6 Å². The molecule has 2 atom stereocenters. The molecule has 2 nitrogen and oxygen atoms in total. The smallest absolute Gasteiger partial charge is 0.382 e. The highest BCUT2D eigenvalue weighted by Gasteiger charge is 2.44. The Morgan fingerprint density at radius 2 is 1.72 bits per heavy atom. The molecule has 0 aromatic heterocycles. The highest BCUT2D eigenvalue weighted by molar-refractivity contribution is 5.85. The summed E-state index contributed by atoms with van der Waals surface area (Å²) in [7, 11) is 0. The van der Waals surface area contributed by atoms with Crippen LogP contribution in [0.15, 0.2) is 12.1 Å². The SMILES string of the molecule is Cc1ccc(F)c([C@H](N)[C@H](O)C(F)(F)F)c1F.Cl. The minimum atomic E-state index is -5.04. The summed E-state index contributed by atoms with van der Waals surface area (Å²) in [6.07, 6.45) is -8.06. The number of nitrogens with two attached hydrogens (primary N) is 1. The summed E-state index contributed by atoms with van der Waals surface area (Å²) in [4.78, 5) is 0. The summed E-state index contributed by atoms with van der Waals surface area (Å²) in [5.74, 6) is -2.40. The summed E-state index contributed by atoms with van der Waals surface area (Å²) >= 11 is 0. The van der Waals surface area contributed by atoms with Crippen LogP contribution in [0.1, 0.15) is 17.2 Å². The van der Waals surface area contributed by atoms with E-state index >= 15 is 0 Å². The number of hydrogen-bond acceptors (Lipinski definition) is 2. The zero-order valence-electron chi connectivity index (χ0n) is 9.13. The topological polar surface area (TPSA) is 46.2 Å². The van der Waals surface area contributed by atoms with Crippen molar-refractivity contribution in [1.29, 1.82) is 0 Å². The molecule has 0 radical (unpaired) electrons. The Balaban J connectivity index is 0.00000289. The molecular formula is C10H11ClF5NO. The van der Waals surface area contributed by atoms with Crippen LogP contribution in [0.2, 0.25) is 0 Å². The van der Waals surface area contributed by atoms with Gasteiger partial charge in [-0.25, -0.2) is 8.78 Å². The van der Waals surface area contributed by atoms with Crippen LogP contribution in [-0.4, -0.2) is 17.4 Å². The Kier molecular flexibility index (Phi) is 5.52. The third-order valence-electron chi connectivity index (χ3n) is 2.33. The lowest BCUT2D eigenvalue weighted by molar-refractivity contribution is -0.210. The van der Waals surface area contributed by atoms with E-state index in [-0.39, 0.29) is 18.0 Å². The number of rotatable bonds is 2. The van der Waals surface area contributed by atoms with E-state index < -0.39 is 35.5 Å². The molecule has 3 N–H and O–H groups in total. The van der Waals surface area contributed by atoms with Crippen LogP contribution in [0.4, 0.5) is 22.0 Å². The highest BCUT2D eigenvalue weighted by atomic mass is 35.5. The maximum Gasteiger partial charge on any atom is 0.416 e. The number of benzene rings is 1. The predicted octanol–water partition coefficient (Wildman–Crippen LogP) is 2.62. The van der Waals surface area contributed by atoms with Crippen LogP contribution in [0.5, 0.6) is 0 Å². The normalized spacial score (nSPS) is 14.9. The molecule has 0 aliphatic rings. The molecule has 0 saturated heterocycles. The van der Waals surface area contributed by atoms with Crippen LogP contribution in [-0.2, 0) is 0 Å². The first-order chi connectivity index (χ1) is 7.66. The Hall–Kier alpha value is -0.920. The van der Waals surface area contributed by atoms with Crippen molar-refractivity contribution in [3.8, 4) is 0 Å². The van der Waals surface area contributed by atoms with Crippen molar-refractivity contribution in [1.82, 2.24) is 0 Å². The zero-order chi connectivity index (χ0) is 13.4. The molecule has 0 aliphatic carbocycles. The van der Waals surface area contributed by atoms with Gasteiger partial charge in [-0.3, -0.25) is 0 Å². The summed E-state index contributed by atoms with van der Waals surface area (Å²) in [6, 6.07) is -0.327. The lowest BCUT2D eigenvalue weighted by Crippen LogP contribution is -2.39. The fraction of sp³-hybridized carbons (Fsp3) is 0.400. The van der Waals surface area contributed by atoms with Gasteiger partial charge >= 0.3 is 6.18 Å². The van der Waals surface area contributed by atoms with E-state index in [4.69, 9.17) is 10.8 Å². The third kappa shape index (κ3) is 3.30. The molecule has 0 heterocycles. The van der Waals surface area contributed by atoms with E-state index in [0.717, 1.165) is 12.1 Å². The second-order valence-corrected chi connectivity index (χ2v) is 3.60. The second kappa shape index (κ2) is 5.81. The summed E-state index contributed by atoms with van der Waals surface area (Å²) in [5.41, 5.74) is 4.03. The van der Waals surface area contributed by atoms with Crippen molar-refractivity contribution in [3.05, 3.63) is 34.9 Å². The second-order valence-electron chi connectivity index (χ2n) is 3.60. The van der Waals surface area contributed by atoms with Crippen molar-refractivity contribution in [3.63, 3.8) is 0 Å². The molecule has 0 bridgehead atoms. The zero-order valence-corrected chi connectivity index (χ0v) is 9.95. The fourth-order valence-corrected chi connectivity index (χ4v) is 1.35. The molecule has 8 heteroatoms. The number of alkyl halides is 3. The van der Waals surface area contributed by atoms with Crippen LogP contribution in [0.3, 0.4) is 0 Å². The van der Waals surface area contributed by atoms with Gasteiger partial charge in [0.1, 0.15) is 11.6 Å². The Bertz CT molecular complexity index is 423. The minimum absolute atomic E-state index is 0. The van der Waals surface area contributed by atoms with Gasteiger partial charge in [0.05, 0.1) is 6.04 Å². The van der Waals surface area contributed by atoms with E-state index in [2.05, 4.69) is 0 Å². The van der Waals surface area contributed by atoms with Gasteiger partial charge in [0, 0.05) is 5.56 Å². The molecule has 0 spiro atoms. The third-order valence-corrected chi connectivity index (χ3v) is 2.33. The Morgan fingerprint density at radius 1 is 1.22 bits per heavy atom. The average Bonchev–Trinajstić information content (AvgIpc) is 2.21. The van der Waals surface area contributed by atoms with Gasteiger partial charge in [0.15, 0.2) is 6.10 Å². The van der Waals surface area contributed by atoms with Crippen LogP contribution in [0.25, 0.3) is 0 Å². The summed E-state index contributed by atoms with van der Waals surface area (Å²) in [5, 5.41) is 8.86. The van der Waals surface area contributed by atoms with Crippen LogP contribution < -0.4 is 5.73 Å². The lowest BCUT2D eigenvalue weighted by atomic mass is 9.98. The first kappa shape index (κ1) is 17.1. The molecule has 18 heavy (non-hydrogen) atoms. The minimum Gasteiger partial charge on any atom is -0.382 e. The maximum absolute atomic E-state index is 13.5. The molecule has 0 unspecified atom stereocenters. The Labute approximate surface area is 106 Å². The maximum atomic E-state index is 13.5. The molecule has 1 aromatic rings. The quantitative estimate of drug-likeness (QED) is 0.823. The predicted molar refractivity (Wildman–Crippen MR) is 57.3 cm³/mol. The molecule has 1 aromatic carbocycles. The van der Waals surface area contributed by atoms with Crippen LogP contribution >= 0.6 is 12.4 Å². The number of aliphatic hydroxyl groups excluding tert-OH is 1. The number of aliphatic hydroxyl groups is 1. The molecule has 1 rings (SSSR count). The van der Waals surface area contributed by atoms with Gasteiger partial charge in [0.2, 0.25) is 0 Å². The van der Waals surface area contributed by atoms with E-state index in [9.17, 15) is 22.0 Å². The lowest BCUT2D eigenvalue weighted by Gasteiger charge is -2.22. The number of aryl methyl sites for hydroxylation is 1. The fourth-order valence-electron chi connectivity index (χ4n) is 1.35. The summed E-state index contributed by atoms with van der Waals surface area (Å²) < 4.78 is 63.2. The van der Waals surface area contributed by atoms with E-state index in [1.165, 1.54) is 6.92 Å². The molecular weight excluding hydrogens is 281 g/mol. The van der Waals surface area contributed by atoms with Crippen molar-refractivity contribution in [2.24, 2.45) is 5.73 Å². The van der Waals surface area contributed by atoms with Crippen molar-refractivity contribution in [2.75, 3.05) is 0 Å². The van der Waals surface area contributed by atoms with Crippen LogP contribution in [0, 0.1) is 18.6 Å². The molecule has 104 valence electrons. The molecule has 0 fully saturated rings. The summed E-state index contributed by atoms with van der Waals surface area (Å²) in [6.45, 7) is 1.25. The van der Waals surface area contributed by atoms with Crippen molar-refractivity contribution >= 4 is 12.4 Å². The monoisotopic (exact) mass is 291 g/mol. The van der Waals surface area contributed by atoms with Gasteiger partial charge in [0.25, 0.3) is 0 Å². The van der Waals surface area contributed by atoms with E-state index in [0.29, 0.717) is 0 Å². The van der Waals surface area contributed by atoms with Gasteiger partial charge < -0.3 is 10.8 Å². The average molecular weight is 292 g/mol.